The minimum absolute atomic E-state index is 0.0144. The van der Waals surface area contributed by atoms with E-state index in [0.29, 0.717) is 24.6 Å². The van der Waals surface area contributed by atoms with Crippen molar-refractivity contribution in [3.8, 4) is 11.5 Å². The molecule has 0 aliphatic carbocycles. The van der Waals surface area contributed by atoms with Gasteiger partial charge in [-0.2, -0.15) is 0 Å². The molecule has 1 aliphatic heterocycles. The fraction of sp³-hybridized carbons (Fsp3) is 0.400. The SMILES string of the molecule is Cc1cc(OC2CCN(C(=O)COc3ccccc3)CC2)cc(=O)n1C. The summed E-state index contributed by atoms with van der Waals surface area (Å²) in [5.74, 6) is 1.28. The van der Waals surface area contributed by atoms with Crippen LogP contribution >= 0.6 is 0 Å². The van der Waals surface area contributed by atoms with E-state index >= 15 is 0 Å². The van der Waals surface area contributed by atoms with Crippen molar-refractivity contribution in [1.29, 1.82) is 0 Å². The summed E-state index contributed by atoms with van der Waals surface area (Å²) in [5, 5.41) is 0. The fourth-order valence-corrected chi connectivity index (χ4v) is 2.97. The number of nitrogens with zero attached hydrogens (tertiary/aromatic N) is 2. The summed E-state index contributed by atoms with van der Waals surface area (Å²) in [7, 11) is 1.74. The number of piperidine rings is 1. The number of aryl methyl sites for hydroxylation is 1. The van der Waals surface area contributed by atoms with E-state index in [1.165, 1.54) is 6.07 Å². The molecule has 0 radical (unpaired) electrons. The summed E-state index contributed by atoms with van der Waals surface area (Å²) in [6.45, 7) is 3.18. The van der Waals surface area contributed by atoms with Crippen molar-refractivity contribution < 1.29 is 14.3 Å². The van der Waals surface area contributed by atoms with Gasteiger partial charge in [0.15, 0.2) is 6.61 Å². The highest BCUT2D eigenvalue weighted by atomic mass is 16.5. The second-order valence-corrected chi connectivity index (χ2v) is 6.53. The Bertz CT molecular complexity index is 808. The summed E-state index contributed by atoms with van der Waals surface area (Å²) in [6, 6.07) is 12.7. The minimum Gasteiger partial charge on any atom is -0.490 e. The van der Waals surface area contributed by atoms with Crippen LogP contribution in [0.3, 0.4) is 0 Å². The van der Waals surface area contributed by atoms with Crippen LogP contribution in [0.4, 0.5) is 0 Å². The Kier molecular flexibility index (Phi) is 5.61. The maximum atomic E-state index is 12.3. The van der Waals surface area contributed by atoms with Crippen LogP contribution in [0.15, 0.2) is 47.3 Å². The molecular weight excluding hydrogens is 332 g/mol. The lowest BCUT2D eigenvalue weighted by Gasteiger charge is -2.32. The molecule has 1 saturated heterocycles. The number of rotatable bonds is 5. The quantitative estimate of drug-likeness (QED) is 0.824. The first-order valence-corrected chi connectivity index (χ1v) is 8.83. The third-order valence-corrected chi connectivity index (χ3v) is 4.68. The van der Waals surface area contributed by atoms with Crippen LogP contribution in [-0.2, 0) is 11.8 Å². The summed E-state index contributed by atoms with van der Waals surface area (Å²) in [6.07, 6.45) is 1.50. The van der Waals surface area contributed by atoms with Crippen LogP contribution < -0.4 is 15.0 Å². The van der Waals surface area contributed by atoms with E-state index in [0.717, 1.165) is 18.5 Å². The van der Waals surface area contributed by atoms with Crippen molar-refractivity contribution in [3.63, 3.8) is 0 Å². The zero-order valence-electron chi connectivity index (χ0n) is 15.2. The van der Waals surface area contributed by atoms with Crippen LogP contribution in [0.25, 0.3) is 0 Å². The van der Waals surface area contributed by atoms with Gasteiger partial charge in [0.05, 0.1) is 0 Å². The Morgan fingerprint density at radius 1 is 1.12 bits per heavy atom. The molecule has 1 fully saturated rings. The van der Waals surface area contributed by atoms with E-state index in [2.05, 4.69) is 0 Å². The number of pyridine rings is 1. The maximum Gasteiger partial charge on any atom is 0.260 e. The fourth-order valence-electron chi connectivity index (χ4n) is 2.97. The Balaban J connectivity index is 1.48. The lowest BCUT2D eigenvalue weighted by atomic mass is 10.1. The van der Waals surface area contributed by atoms with E-state index in [-0.39, 0.29) is 24.2 Å². The lowest BCUT2D eigenvalue weighted by molar-refractivity contribution is -0.135. The molecule has 0 unspecified atom stereocenters. The van der Waals surface area contributed by atoms with Gasteiger partial charge >= 0.3 is 0 Å². The molecule has 1 aliphatic rings. The first-order chi connectivity index (χ1) is 12.5. The predicted octanol–water partition coefficient (Wildman–Crippen LogP) is 2.14. The Labute approximate surface area is 153 Å². The molecule has 1 aromatic heterocycles. The van der Waals surface area contributed by atoms with Crippen LogP contribution in [0, 0.1) is 6.92 Å². The Morgan fingerprint density at radius 2 is 1.81 bits per heavy atom. The van der Waals surface area contributed by atoms with Crippen molar-refractivity contribution in [3.05, 3.63) is 58.5 Å². The second-order valence-electron chi connectivity index (χ2n) is 6.53. The van der Waals surface area contributed by atoms with E-state index in [4.69, 9.17) is 9.47 Å². The number of hydrogen-bond acceptors (Lipinski definition) is 4. The number of carbonyl (C=O) groups excluding carboxylic acids is 1. The zero-order valence-corrected chi connectivity index (χ0v) is 15.2. The number of ether oxygens (including phenoxy) is 2. The topological polar surface area (TPSA) is 60.8 Å². The van der Waals surface area contributed by atoms with Crippen molar-refractivity contribution >= 4 is 5.91 Å². The zero-order chi connectivity index (χ0) is 18.5. The third kappa shape index (κ3) is 4.45. The highest BCUT2D eigenvalue weighted by molar-refractivity contribution is 5.77. The molecule has 0 N–H and O–H groups in total. The van der Waals surface area contributed by atoms with Crippen LogP contribution in [0.1, 0.15) is 18.5 Å². The molecular formula is C20H24N2O4. The van der Waals surface area contributed by atoms with Crippen LogP contribution in [-0.4, -0.2) is 41.2 Å². The van der Waals surface area contributed by atoms with E-state index in [9.17, 15) is 9.59 Å². The van der Waals surface area contributed by atoms with Gasteiger partial charge in [-0.25, -0.2) is 0 Å². The number of amides is 1. The summed E-state index contributed by atoms with van der Waals surface area (Å²) < 4.78 is 13.1. The predicted molar refractivity (Wildman–Crippen MR) is 98.6 cm³/mol. The standard InChI is InChI=1S/C20H24N2O4/c1-15-12-18(13-19(23)21(15)2)26-17-8-10-22(11-9-17)20(24)14-25-16-6-4-3-5-7-16/h3-7,12-13,17H,8-11,14H2,1-2H3. The molecule has 0 spiro atoms. The molecule has 0 bridgehead atoms. The molecule has 138 valence electrons. The highest BCUT2D eigenvalue weighted by Crippen LogP contribution is 2.19. The second kappa shape index (κ2) is 8.08. The minimum atomic E-state index is -0.0781. The molecule has 2 aromatic rings. The number of likely N-dealkylation sites (tertiary alicyclic amines) is 1. The van der Waals surface area contributed by atoms with Gasteiger partial charge in [0, 0.05) is 44.7 Å². The van der Waals surface area contributed by atoms with Crippen molar-refractivity contribution in [2.75, 3.05) is 19.7 Å². The smallest absolute Gasteiger partial charge is 0.260 e. The molecule has 6 nitrogen and oxygen atoms in total. The molecule has 1 amide bonds. The summed E-state index contributed by atoms with van der Waals surface area (Å²) >= 11 is 0. The van der Waals surface area contributed by atoms with E-state index in [1.54, 1.807) is 16.5 Å². The third-order valence-electron chi connectivity index (χ3n) is 4.68. The molecule has 26 heavy (non-hydrogen) atoms. The van der Waals surface area contributed by atoms with Gasteiger partial charge in [-0.05, 0) is 25.1 Å². The Hall–Kier alpha value is -2.76. The van der Waals surface area contributed by atoms with Crippen molar-refractivity contribution in [1.82, 2.24) is 9.47 Å². The van der Waals surface area contributed by atoms with Gasteiger partial charge < -0.3 is 18.9 Å². The maximum absolute atomic E-state index is 12.3. The average Bonchev–Trinajstić information content (AvgIpc) is 2.65. The largest absolute Gasteiger partial charge is 0.490 e. The normalized spacial score (nSPS) is 14.9. The van der Waals surface area contributed by atoms with Gasteiger partial charge in [0.2, 0.25) is 0 Å². The summed E-state index contributed by atoms with van der Waals surface area (Å²) in [5.41, 5.74) is 0.781. The number of benzene rings is 1. The van der Waals surface area contributed by atoms with Crippen molar-refractivity contribution in [2.24, 2.45) is 7.05 Å². The molecule has 2 heterocycles. The number of hydrogen-bond donors (Lipinski definition) is 0. The van der Waals surface area contributed by atoms with Crippen LogP contribution in [0.2, 0.25) is 0 Å². The number of para-hydroxylation sites is 1. The Morgan fingerprint density at radius 3 is 2.46 bits per heavy atom. The van der Waals surface area contributed by atoms with Gasteiger partial charge in [-0.15, -0.1) is 0 Å². The van der Waals surface area contributed by atoms with E-state index < -0.39 is 0 Å². The first-order valence-electron chi connectivity index (χ1n) is 8.83. The first kappa shape index (κ1) is 18.0. The average molecular weight is 356 g/mol. The molecule has 3 rings (SSSR count). The van der Waals surface area contributed by atoms with Gasteiger partial charge in [0.1, 0.15) is 17.6 Å². The molecule has 0 saturated carbocycles. The number of carbonyl (C=O) groups is 1. The molecule has 0 atom stereocenters. The van der Waals surface area contributed by atoms with Crippen molar-refractivity contribution in [2.45, 2.75) is 25.9 Å². The van der Waals surface area contributed by atoms with Gasteiger partial charge in [0.25, 0.3) is 11.5 Å². The van der Waals surface area contributed by atoms with Crippen LogP contribution in [0.5, 0.6) is 11.5 Å². The molecule has 1 aromatic carbocycles. The van der Waals surface area contributed by atoms with Gasteiger partial charge in [-0.1, -0.05) is 18.2 Å². The number of aromatic nitrogens is 1. The highest BCUT2D eigenvalue weighted by Gasteiger charge is 2.24. The van der Waals surface area contributed by atoms with Gasteiger partial charge in [-0.3, -0.25) is 9.59 Å². The van der Waals surface area contributed by atoms with E-state index in [1.807, 2.05) is 43.3 Å². The monoisotopic (exact) mass is 356 g/mol. The lowest BCUT2D eigenvalue weighted by Crippen LogP contribution is -2.43. The summed E-state index contributed by atoms with van der Waals surface area (Å²) in [4.78, 5) is 25.9. The molecule has 6 heteroatoms.